The summed E-state index contributed by atoms with van der Waals surface area (Å²) in [5.41, 5.74) is 1.57. The predicted octanol–water partition coefficient (Wildman–Crippen LogP) is 2.85. The van der Waals surface area contributed by atoms with Crippen molar-refractivity contribution >= 4 is 12.6 Å². The van der Waals surface area contributed by atoms with E-state index in [0.29, 0.717) is 0 Å². The van der Waals surface area contributed by atoms with Crippen LogP contribution in [0.15, 0.2) is 18.2 Å². The highest BCUT2D eigenvalue weighted by molar-refractivity contribution is 6.62. The van der Waals surface area contributed by atoms with Crippen LogP contribution in [-0.2, 0) is 14.0 Å². The second-order valence-electron chi connectivity index (χ2n) is 7.54. The minimum Gasteiger partial charge on any atom is -0.490 e. The third kappa shape index (κ3) is 3.42. The molecular weight excluding hydrogens is 291 g/mol. The molecule has 2 aliphatic heterocycles. The van der Waals surface area contributed by atoms with Crippen LogP contribution in [0.5, 0.6) is 5.75 Å². The molecule has 0 aromatic heterocycles. The number of rotatable bonds is 3. The van der Waals surface area contributed by atoms with Gasteiger partial charge in [-0.15, -0.1) is 0 Å². The van der Waals surface area contributed by atoms with Gasteiger partial charge in [0.15, 0.2) is 0 Å². The largest absolute Gasteiger partial charge is 0.495 e. The van der Waals surface area contributed by atoms with Crippen LogP contribution in [0.1, 0.15) is 46.1 Å². The van der Waals surface area contributed by atoms with E-state index in [-0.39, 0.29) is 24.4 Å². The standard InChI is InChI=1S/C18H27BO4/c1-13-12-15(21-14-8-10-20-11-9-14)6-7-16(13)19-22-17(2,3)18(4,5)23-19/h6-7,12,14H,8-11H2,1-5H3. The highest BCUT2D eigenvalue weighted by atomic mass is 16.7. The lowest BCUT2D eigenvalue weighted by Gasteiger charge is -2.32. The summed E-state index contributed by atoms with van der Waals surface area (Å²) in [5.74, 6) is 0.912. The van der Waals surface area contributed by atoms with E-state index < -0.39 is 0 Å². The summed E-state index contributed by atoms with van der Waals surface area (Å²) in [5, 5.41) is 0. The molecule has 0 saturated carbocycles. The van der Waals surface area contributed by atoms with Gasteiger partial charge in [-0.25, -0.2) is 0 Å². The van der Waals surface area contributed by atoms with Crippen LogP contribution in [0.2, 0.25) is 0 Å². The van der Waals surface area contributed by atoms with Crippen molar-refractivity contribution in [2.45, 2.75) is 64.8 Å². The first kappa shape index (κ1) is 16.8. The second kappa shape index (κ2) is 6.12. The molecule has 0 amide bonds. The Morgan fingerprint density at radius 1 is 1.04 bits per heavy atom. The van der Waals surface area contributed by atoms with Gasteiger partial charge in [-0.05, 0) is 57.8 Å². The van der Waals surface area contributed by atoms with Gasteiger partial charge in [0.1, 0.15) is 11.9 Å². The zero-order valence-electron chi connectivity index (χ0n) is 14.8. The molecule has 0 unspecified atom stereocenters. The van der Waals surface area contributed by atoms with E-state index in [9.17, 15) is 0 Å². The fourth-order valence-corrected chi connectivity index (χ4v) is 2.94. The maximum Gasteiger partial charge on any atom is 0.495 e. The summed E-state index contributed by atoms with van der Waals surface area (Å²) in [6, 6.07) is 6.16. The van der Waals surface area contributed by atoms with Crippen molar-refractivity contribution < 1.29 is 18.8 Å². The molecule has 0 atom stereocenters. The van der Waals surface area contributed by atoms with Crippen LogP contribution in [0, 0.1) is 6.92 Å². The number of hydrogen-bond donors (Lipinski definition) is 0. The van der Waals surface area contributed by atoms with E-state index in [2.05, 4.69) is 46.8 Å². The van der Waals surface area contributed by atoms with Gasteiger partial charge in [0.05, 0.1) is 24.4 Å². The van der Waals surface area contributed by atoms with E-state index in [0.717, 1.165) is 42.8 Å². The van der Waals surface area contributed by atoms with Crippen molar-refractivity contribution in [1.82, 2.24) is 0 Å². The summed E-state index contributed by atoms with van der Waals surface area (Å²) < 4.78 is 23.7. The number of aryl methyl sites for hydroxylation is 1. The maximum atomic E-state index is 6.14. The molecular formula is C18H27BO4. The Hall–Kier alpha value is -1.04. The molecule has 4 nitrogen and oxygen atoms in total. The van der Waals surface area contributed by atoms with Crippen LogP contribution in [0.3, 0.4) is 0 Å². The first-order valence-corrected chi connectivity index (χ1v) is 8.49. The highest BCUT2D eigenvalue weighted by Gasteiger charge is 2.52. The summed E-state index contributed by atoms with van der Waals surface area (Å²) in [6.45, 7) is 12.0. The molecule has 2 saturated heterocycles. The number of hydrogen-bond acceptors (Lipinski definition) is 4. The zero-order valence-corrected chi connectivity index (χ0v) is 14.8. The molecule has 0 spiro atoms. The Balaban J connectivity index is 1.72. The van der Waals surface area contributed by atoms with E-state index in [1.54, 1.807) is 0 Å². The highest BCUT2D eigenvalue weighted by Crippen LogP contribution is 2.36. The maximum absolute atomic E-state index is 6.14. The van der Waals surface area contributed by atoms with Crippen molar-refractivity contribution in [3.8, 4) is 5.75 Å². The lowest BCUT2D eigenvalue weighted by molar-refractivity contribution is 0.00578. The molecule has 2 aliphatic rings. The van der Waals surface area contributed by atoms with Gasteiger partial charge in [0.2, 0.25) is 0 Å². The SMILES string of the molecule is Cc1cc(OC2CCOCC2)ccc1B1OC(C)(C)C(C)(C)O1. The first-order valence-electron chi connectivity index (χ1n) is 8.49. The summed E-state index contributed by atoms with van der Waals surface area (Å²) in [6.07, 6.45) is 2.17. The van der Waals surface area contributed by atoms with Gasteiger partial charge in [-0.2, -0.15) is 0 Å². The second-order valence-corrected chi connectivity index (χ2v) is 7.54. The van der Waals surface area contributed by atoms with Crippen LogP contribution < -0.4 is 10.2 Å². The molecule has 0 radical (unpaired) electrons. The van der Waals surface area contributed by atoms with Gasteiger partial charge in [-0.1, -0.05) is 6.07 Å². The molecule has 5 heteroatoms. The quantitative estimate of drug-likeness (QED) is 0.803. The van der Waals surface area contributed by atoms with Crippen molar-refractivity contribution in [1.29, 1.82) is 0 Å². The van der Waals surface area contributed by atoms with E-state index >= 15 is 0 Å². The predicted molar refractivity (Wildman–Crippen MR) is 91.4 cm³/mol. The summed E-state index contributed by atoms with van der Waals surface area (Å²) in [4.78, 5) is 0. The average molecular weight is 318 g/mol. The first-order chi connectivity index (χ1) is 10.8. The third-order valence-corrected chi connectivity index (χ3v) is 5.22. The van der Waals surface area contributed by atoms with Gasteiger partial charge in [0.25, 0.3) is 0 Å². The minimum atomic E-state index is -0.322. The lowest BCUT2D eigenvalue weighted by atomic mass is 9.76. The van der Waals surface area contributed by atoms with Gasteiger partial charge >= 0.3 is 7.12 Å². The van der Waals surface area contributed by atoms with Crippen LogP contribution >= 0.6 is 0 Å². The molecule has 2 heterocycles. The zero-order chi connectivity index (χ0) is 16.7. The topological polar surface area (TPSA) is 36.9 Å². The Labute approximate surface area is 139 Å². The molecule has 0 aliphatic carbocycles. The fourth-order valence-electron chi connectivity index (χ4n) is 2.94. The van der Waals surface area contributed by atoms with Crippen molar-refractivity contribution in [3.63, 3.8) is 0 Å². The van der Waals surface area contributed by atoms with E-state index in [1.807, 2.05) is 6.07 Å². The fraction of sp³-hybridized carbons (Fsp3) is 0.667. The number of ether oxygens (including phenoxy) is 2. The van der Waals surface area contributed by atoms with Crippen LogP contribution in [0.25, 0.3) is 0 Å². The smallest absolute Gasteiger partial charge is 0.490 e. The average Bonchev–Trinajstić information content (AvgIpc) is 2.68. The normalized spacial score (nSPS) is 24.0. The van der Waals surface area contributed by atoms with E-state index in [4.69, 9.17) is 18.8 Å². The Morgan fingerprint density at radius 3 is 2.22 bits per heavy atom. The number of benzene rings is 1. The minimum absolute atomic E-state index is 0.255. The van der Waals surface area contributed by atoms with E-state index in [1.165, 1.54) is 0 Å². The molecule has 1 aromatic carbocycles. The lowest BCUT2D eigenvalue weighted by Crippen LogP contribution is -2.41. The summed E-state index contributed by atoms with van der Waals surface area (Å²) >= 11 is 0. The molecule has 0 N–H and O–H groups in total. The molecule has 3 rings (SSSR count). The Bertz CT molecular complexity index is 548. The Kier molecular flexibility index (Phi) is 4.47. The van der Waals surface area contributed by atoms with Crippen molar-refractivity contribution in [2.24, 2.45) is 0 Å². The molecule has 0 bridgehead atoms. The van der Waals surface area contributed by atoms with Gasteiger partial charge in [-0.3, -0.25) is 0 Å². The molecule has 1 aromatic rings. The van der Waals surface area contributed by atoms with Crippen LogP contribution in [0.4, 0.5) is 0 Å². The van der Waals surface area contributed by atoms with Crippen molar-refractivity contribution in [3.05, 3.63) is 23.8 Å². The Morgan fingerprint density at radius 2 is 1.65 bits per heavy atom. The monoisotopic (exact) mass is 318 g/mol. The summed E-state index contributed by atoms with van der Waals surface area (Å²) in [7, 11) is -0.322. The molecule has 126 valence electrons. The molecule has 23 heavy (non-hydrogen) atoms. The van der Waals surface area contributed by atoms with Crippen LogP contribution in [-0.4, -0.2) is 37.6 Å². The van der Waals surface area contributed by atoms with Gasteiger partial charge < -0.3 is 18.8 Å². The third-order valence-electron chi connectivity index (χ3n) is 5.22. The molecule has 2 fully saturated rings. The van der Waals surface area contributed by atoms with Crippen molar-refractivity contribution in [2.75, 3.05) is 13.2 Å². The van der Waals surface area contributed by atoms with Gasteiger partial charge in [0, 0.05) is 12.8 Å².